The molecule has 2 nitrogen and oxygen atoms in total. The summed E-state index contributed by atoms with van der Waals surface area (Å²) >= 11 is 0. The molecule has 0 aromatic rings. The maximum absolute atomic E-state index is 6.52. The van der Waals surface area contributed by atoms with Crippen molar-refractivity contribution in [3.63, 3.8) is 0 Å². The van der Waals surface area contributed by atoms with Crippen LogP contribution in [0, 0.1) is 5.41 Å². The van der Waals surface area contributed by atoms with Crippen LogP contribution in [0.1, 0.15) is 6.92 Å². The number of nitrogens with one attached hydrogen (secondary N) is 1. The Morgan fingerprint density at radius 1 is 1.38 bits per heavy atom. The van der Waals surface area contributed by atoms with Gasteiger partial charge in [-0.15, -0.1) is 0 Å². The van der Waals surface area contributed by atoms with E-state index in [1.165, 1.54) is 7.11 Å². The number of hydrogen-bond acceptors (Lipinski definition) is 2. The summed E-state index contributed by atoms with van der Waals surface area (Å²) in [7, 11) is 1.47. The third-order valence-electron chi connectivity index (χ3n) is 0.306. The quantitative estimate of drug-likeness (QED) is 0.347. The number of rotatable bonds is 0. The average Bonchev–Trinajstić information content (AvgIpc) is 1.38. The predicted octanol–water partition coefficient (Wildman–Crippen LogP) is -5.36. The molecule has 0 aliphatic rings. The Bertz CT molecular complexity index is 52.5. The van der Waals surface area contributed by atoms with E-state index in [1.54, 1.807) is 6.92 Å². The first-order chi connectivity index (χ1) is 2.27. The molecular formula is C3H7Cl2NOPt. The van der Waals surface area contributed by atoms with Crippen molar-refractivity contribution < 1.29 is 50.6 Å². The second kappa shape index (κ2) is 15.6. The summed E-state index contributed by atoms with van der Waals surface area (Å²) < 4.78 is 4.33. The molecule has 0 aliphatic carbocycles. The normalized spacial score (nSPS) is 4.25. The predicted molar refractivity (Wildman–Crippen MR) is 20.4 cm³/mol. The summed E-state index contributed by atoms with van der Waals surface area (Å²) in [6.07, 6.45) is 0. The summed E-state index contributed by atoms with van der Waals surface area (Å²) in [5.41, 5.74) is 0. The summed E-state index contributed by atoms with van der Waals surface area (Å²) in [5, 5.41) is 6.52. The number of halogens is 2. The summed E-state index contributed by atoms with van der Waals surface area (Å²) in [6, 6.07) is 0. The van der Waals surface area contributed by atoms with Gasteiger partial charge in [0.1, 0.15) is 0 Å². The van der Waals surface area contributed by atoms with Crippen molar-refractivity contribution in [1.29, 1.82) is 5.41 Å². The summed E-state index contributed by atoms with van der Waals surface area (Å²) in [4.78, 5) is 0. The molecule has 5 heteroatoms. The fourth-order valence-electron chi connectivity index (χ4n) is 0. The molecule has 0 heterocycles. The maximum atomic E-state index is 6.52. The van der Waals surface area contributed by atoms with Crippen molar-refractivity contribution in [2.45, 2.75) is 6.92 Å². The Morgan fingerprint density at radius 3 is 1.50 bits per heavy atom. The molecule has 0 amide bonds. The molecule has 0 radical (unpaired) electrons. The molecule has 0 unspecified atom stereocenters. The molecule has 0 saturated carbocycles. The van der Waals surface area contributed by atoms with Crippen LogP contribution in [0.25, 0.3) is 0 Å². The summed E-state index contributed by atoms with van der Waals surface area (Å²) in [5.74, 6) is 0.255. The van der Waals surface area contributed by atoms with Crippen LogP contribution in [0.2, 0.25) is 0 Å². The van der Waals surface area contributed by atoms with Crippen LogP contribution in [-0.2, 0) is 25.8 Å². The van der Waals surface area contributed by atoms with E-state index in [2.05, 4.69) is 4.74 Å². The zero-order chi connectivity index (χ0) is 4.28. The molecule has 0 aromatic carbocycles. The fraction of sp³-hybridized carbons (Fsp3) is 0.667. The van der Waals surface area contributed by atoms with Crippen LogP contribution < -0.4 is 24.8 Å². The van der Waals surface area contributed by atoms with Gasteiger partial charge in [0.2, 0.25) is 0 Å². The molecule has 0 aliphatic heterocycles. The van der Waals surface area contributed by atoms with E-state index in [0.717, 1.165) is 0 Å². The van der Waals surface area contributed by atoms with Gasteiger partial charge in [-0.2, -0.15) is 0 Å². The van der Waals surface area contributed by atoms with Gasteiger partial charge in [-0.25, -0.2) is 0 Å². The zero-order valence-corrected chi connectivity index (χ0v) is 8.26. The molecule has 0 saturated heterocycles. The Morgan fingerprint density at radius 2 is 1.50 bits per heavy atom. The molecule has 8 heavy (non-hydrogen) atoms. The first kappa shape index (κ1) is 23.3. The van der Waals surface area contributed by atoms with Crippen LogP contribution in [0.15, 0.2) is 0 Å². The van der Waals surface area contributed by atoms with Gasteiger partial charge in [0.25, 0.3) is 0 Å². The monoisotopic (exact) mass is 338 g/mol. The van der Waals surface area contributed by atoms with Gasteiger partial charge >= 0.3 is 21.1 Å². The molecular weight excluding hydrogens is 332 g/mol. The van der Waals surface area contributed by atoms with Gasteiger partial charge in [-0.3, -0.25) is 5.41 Å². The second-order valence-electron chi connectivity index (χ2n) is 0.760. The molecule has 0 fully saturated rings. The topological polar surface area (TPSA) is 33.1 Å². The number of methoxy groups -OCH3 is 1. The first-order valence-corrected chi connectivity index (χ1v) is 1.36. The van der Waals surface area contributed by atoms with Gasteiger partial charge in [0, 0.05) is 6.92 Å². The third kappa shape index (κ3) is 29.6. The second-order valence-corrected chi connectivity index (χ2v) is 0.760. The maximum Gasteiger partial charge on any atom is 2.00 e. The first-order valence-electron chi connectivity index (χ1n) is 1.36. The van der Waals surface area contributed by atoms with Gasteiger partial charge < -0.3 is 29.6 Å². The average molecular weight is 339 g/mol. The van der Waals surface area contributed by atoms with E-state index in [4.69, 9.17) is 5.41 Å². The van der Waals surface area contributed by atoms with Crippen molar-refractivity contribution in [3.05, 3.63) is 0 Å². The van der Waals surface area contributed by atoms with Crippen LogP contribution in [0.5, 0.6) is 0 Å². The molecule has 0 atom stereocenters. The van der Waals surface area contributed by atoms with Crippen molar-refractivity contribution in [3.8, 4) is 0 Å². The molecule has 0 bridgehead atoms. The van der Waals surface area contributed by atoms with E-state index in [-0.39, 0.29) is 51.8 Å². The van der Waals surface area contributed by atoms with Crippen LogP contribution in [-0.4, -0.2) is 13.0 Å². The minimum Gasteiger partial charge on any atom is -1.00 e. The van der Waals surface area contributed by atoms with Crippen LogP contribution in [0.3, 0.4) is 0 Å². The third-order valence-corrected chi connectivity index (χ3v) is 0.306. The summed E-state index contributed by atoms with van der Waals surface area (Å²) in [6.45, 7) is 1.58. The standard InChI is InChI=1S/C3H7NO.2ClH.Pt/c1-3(4)5-2;;;/h4H,1-2H3;2*1H;/q;;;+2/p-2. The van der Waals surface area contributed by atoms with Gasteiger partial charge in [-0.1, -0.05) is 0 Å². The van der Waals surface area contributed by atoms with E-state index in [1.807, 2.05) is 0 Å². The Balaban J connectivity index is -0.0000000267. The largest absolute Gasteiger partial charge is 2.00 e. The molecule has 0 spiro atoms. The SMILES string of the molecule is COC(C)=N.[Cl-].[Cl-].[Pt+2]. The fourth-order valence-corrected chi connectivity index (χ4v) is 0. The Kier molecular flexibility index (Phi) is 45.6. The Labute approximate surface area is 76.0 Å². The van der Waals surface area contributed by atoms with Crippen molar-refractivity contribution in [2.75, 3.05) is 7.11 Å². The van der Waals surface area contributed by atoms with Gasteiger partial charge in [0.05, 0.1) is 7.11 Å². The van der Waals surface area contributed by atoms with Crippen LogP contribution >= 0.6 is 0 Å². The molecule has 0 aromatic heterocycles. The van der Waals surface area contributed by atoms with E-state index < -0.39 is 0 Å². The zero-order valence-electron chi connectivity index (χ0n) is 4.48. The van der Waals surface area contributed by atoms with E-state index in [0.29, 0.717) is 0 Å². The minimum atomic E-state index is 0. The van der Waals surface area contributed by atoms with Gasteiger partial charge in [-0.05, 0) is 0 Å². The molecule has 54 valence electrons. The van der Waals surface area contributed by atoms with Crippen molar-refractivity contribution >= 4 is 5.90 Å². The number of hydrogen-bond donors (Lipinski definition) is 1. The van der Waals surface area contributed by atoms with Crippen LogP contribution in [0.4, 0.5) is 0 Å². The number of ether oxygens (including phenoxy) is 1. The van der Waals surface area contributed by atoms with Crippen molar-refractivity contribution in [2.24, 2.45) is 0 Å². The van der Waals surface area contributed by atoms with Crippen molar-refractivity contribution in [1.82, 2.24) is 0 Å². The Hall–Kier alpha value is 0.738. The molecule has 1 N–H and O–H groups in total. The smallest absolute Gasteiger partial charge is 1.00 e. The van der Waals surface area contributed by atoms with E-state index >= 15 is 0 Å². The molecule has 0 rings (SSSR count). The minimum absolute atomic E-state index is 0. The van der Waals surface area contributed by atoms with E-state index in [9.17, 15) is 0 Å². The van der Waals surface area contributed by atoms with Gasteiger partial charge in [0.15, 0.2) is 5.90 Å².